The minimum atomic E-state index is 0.0646. The molecule has 1 aromatic heterocycles. The second-order valence-corrected chi connectivity index (χ2v) is 6.69. The topological polar surface area (TPSA) is 29.9 Å². The van der Waals surface area contributed by atoms with Crippen LogP contribution in [-0.4, -0.2) is 15.1 Å². The highest BCUT2D eigenvalue weighted by atomic mass is 15.2. The maximum absolute atomic E-state index is 4.40. The second kappa shape index (κ2) is 5.11. The number of nitrogens with zero attached hydrogens (tertiary/aromatic N) is 2. The smallest absolute Gasteiger partial charge is 0.203 e. The summed E-state index contributed by atoms with van der Waals surface area (Å²) < 4.78 is 2.18. The molecule has 0 saturated heterocycles. The molecule has 3 nitrogen and oxygen atoms in total. The molecule has 0 aromatic carbocycles. The van der Waals surface area contributed by atoms with Crippen molar-refractivity contribution in [2.24, 2.45) is 5.41 Å². The highest BCUT2D eigenvalue weighted by molar-refractivity contribution is 5.30. The highest BCUT2D eigenvalue weighted by Crippen LogP contribution is 2.29. The molecule has 3 heteroatoms. The first-order valence-corrected chi connectivity index (χ1v) is 6.53. The Balaban J connectivity index is 2.72. The maximum Gasteiger partial charge on any atom is 0.203 e. The van der Waals surface area contributed by atoms with Gasteiger partial charge in [-0.3, -0.25) is 0 Å². The van der Waals surface area contributed by atoms with Gasteiger partial charge in [0.25, 0.3) is 0 Å². The van der Waals surface area contributed by atoms with Gasteiger partial charge in [0.15, 0.2) is 0 Å². The quantitative estimate of drug-likeness (QED) is 0.841. The van der Waals surface area contributed by atoms with E-state index in [2.05, 4.69) is 56.4 Å². The molecule has 0 aliphatic carbocycles. The third-order valence-corrected chi connectivity index (χ3v) is 2.60. The Bertz CT molecular complexity index is 345. The van der Waals surface area contributed by atoms with Crippen LogP contribution < -0.4 is 5.32 Å². The van der Waals surface area contributed by atoms with Crippen molar-refractivity contribution >= 4 is 5.95 Å². The number of hydrogen-bond donors (Lipinski definition) is 1. The van der Waals surface area contributed by atoms with Crippen molar-refractivity contribution in [3.05, 3.63) is 12.4 Å². The molecule has 0 unspecified atom stereocenters. The molecule has 0 radical (unpaired) electrons. The Morgan fingerprint density at radius 2 is 1.88 bits per heavy atom. The zero-order chi connectivity index (χ0) is 13.1. The van der Waals surface area contributed by atoms with E-state index < -0.39 is 0 Å². The van der Waals surface area contributed by atoms with Crippen molar-refractivity contribution in [3.63, 3.8) is 0 Å². The van der Waals surface area contributed by atoms with Crippen molar-refractivity contribution in [3.8, 4) is 0 Å². The fourth-order valence-electron chi connectivity index (χ4n) is 2.53. The molecule has 1 rings (SSSR count). The summed E-state index contributed by atoms with van der Waals surface area (Å²) >= 11 is 0. The molecule has 0 atom stereocenters. The zero-order valence-electron chi connectivity index (χ0n) is 12.2. The molecular formula is C14H27N3. The van der Waals surface area contributed by atoms with Gasteiger partial charge in [0, 0.05) is 24.5 Å². The van der Waals surface area contributed by atoms with Gasteiger partial charge in [-0.15, -0.1) is 0 Å². The number of anilines is 1. The van der Waals surface area contributed by atoms with Gasteiger partial charge < -0.3 is 9.88 Å². The third kappa shape index (κ3) is 4.80. The van der Waals surface area contributed by atoms with Gasteiger partial charge in [0.1, 0.15) is 0 Å². The molecule has 1 N–H and O–H groups in total. The first-order chi connectivity index (χ1) is 7.73. The van der Waals surface area contributed by atoms with E-state index in [-0.39, 0.29) is 5.54 Å². The number of aromatic nitrogens is 2. The summed E-state index contributed by atoms with van der Waals surface area (Å²) in [6.45, 7) is 14.5. The third-order valence-electron chi connectivity index (χ3n) is 2.60. The largest absolute Gasteiger partial charge is 0.351 e. The standard InChI is InChI=1S/C14H27N3/c1-7-9-17-10-8-15-12(17)16-14(5,6)11-13(2,3)4/h8,10H,7,9,11H2,1-6H3,(H,15,16). The van der Waals surface area contributed by atoms with E-state index in [0.29, 0.717) is 5.41 Å². The predicted molar refractivity (Wildman–Crippen MR) is 74.3 cm³/mol. The Labute approximate surface area is 106 Å². The molecule has 1 aromatic rings. The summed E-state index contributed by atoms with van der Waals surface area (Å²) in [5.74, 6) is 0.987. The lowest BCUT2D eigenvalue weighted by Crippen LogP contribution is -2.36. The van der Waals surface area contributed by atoms with Gasteiger partial charge in [0.2, 0.25) is 5.95 Å². The Morgan fingerprint density at radius 1 is 1.24 bits per heavy atom. The van der Waals surface area contributed by atoms with E-state index >= 15 is 0 Å². The average Bonchev–Trinajstić information content (AvgIpc) is 2.48. The van der Waals surface area contributed by atoms with Crippen LogP contribution in [0.2, 0.25) is 0 Å². The summed E-state index contributed by atoms with van der Waals surface area (Å²) in [4.78, 5) is 4.40. The number of hydrogen-bond acceptors (Lipinski definition) is 2. The van der Waals surface area contributed by atoms with E-state index in [4.69, 9.17) is 0 Å². The van der Waals surface area contributed by atoms with Crippen molar-refractivity contribution in [2.45, 2.75) is 66.5 Å². The number of aryl methyl sites for hydroxylation is 1. The molecule has 0 bridgehead atoms. The summed E-state index contributed by atoms with van der Waals surface area (Å²) in [7, 11) is 0. The van der Waals surface area contributed by atoms with Crippen LogP contribution >= 0.6 is 0 Å². The van der Waals surface area contributed by atoms with Crippen molar-refractivity contribution in [1.29, 1.82) is 0 Å². The lowest BCUT2D eigenvalue weighted by atomic mass is 9.82. The van der Waals surface area contributed by atoms with Gasteiger partial charge in [-0.1, -0.05) is 27.7 Å². The number of imidazole rings is 1. The summed E-state index contributed by atoms with van der Waals surface area (Å²) in [5.41, 5.74) is 0.383. The number of nitrogens with one attached hydrogen (secondary N) is 1. The van der Waals surface area contributed by atoms with Gasteiger partial charge >= 0.3 is 0 Å². The Kier molecular flexibility index (Phi) is 4.23. The van der Waals surface area contributed by atoms with E-state index in [1.807, 2.05) is 12.4 Å². The molecule has 1 heterocycles. The zero-order valence-corrected chi connectivity index (χ0v) is 12.2. The van der Waals surface area contributed by atoms with Crippen LogP contribution in [0.25, 0.3) is 0 Å². The molecule has 0 amide bonds. The van der Waals surface area contributed by atoms with Crippen LogP contribution in [0.15, 0.2) is 12.4 Å². The lowest BCUT2D eigenvalue weighted by molar-refractivity contribution is 0.301. The summed E-state index contributed by atoms with van der Waals surface area (Å²) in [5, 5.41) is 3.56. The molecular weight excluding hydrogens is 210 g/mol. The van der Waals surface area contributed by atoms with Gasteiger partial charge in [-0.05, 0) is 32.1 Å². The lowest BCUT2D eigenvalue weighted by Gasteiger charge is -2.33. The fourth-order valence-corrected chi connectivity index (χ4v) is 2.53. The van der Waals surface area contributed by atoms with E-state index in [9.17, 15) is 0 Å². The summed E-state index contributed by atoms with van der Waals surface area (Å²) in [6.07, 6.45) is 6.15. The molecule has 0 aliphatic rings. The van der Waals surface area contributed by atoms with Crippen molar-refractivity contribution in [1.82, 2.24) is 9.55 Å². The first kappa shape index (κ1) is 14.1. The highest BCUT2D eigenvalue weighted by Gasteiger charge is 2.26. The summed E-state index contributed by atoms with van der Waals surface area (Å²) in [6, 6.07) is 0. The van der Waals surface area contributed by atoms with Crippen molar-refractivity contribution < 1.29 is 0 Å². The molecule has 98 valence electrons. The minimum Gasteiger partial charge on any atom is -0.351 e. The number of rotatable bonds is 5. The molecule has 0 aliphatic heterocycles. The van der Waals surface area contributed by atoms with Gasteiger partial charge in [0.05, 0.1) is 0 Å². The molecule has 0 fully saturated rings. The van der Waals surface area contributed by atoms with E-state index in [0.717, 1.165) is 25.3 Å². The van der Waals surface area contributed by atoms with Gasteiger partial charge in [-0.25, -0.2) is 4.98 Å². The van der Waals surface area contributed by atoms with Crippen LogP contribution in [0, 0.1) is 5.41 Å². The van der Waals surface area contributed by atoms with Crippen LogP contribution in [0.1, 0.15) is 54.4 Å². The second-order valence-electron chi connectivity index (χ2n) is 6.69. The first-order valence-electron chi connectivity index (χ1n) is 6.53. The predicted octanol–water partition coefficient (Wildman–Crippen LogP) is 3.92. The minimum absolute atomic E-state index is 0.0646. The molecule has 0 spiro atoms. The Hall–Kier alpha value is -0.990. The van der Waals surface area contributed by atoms with E-state index in [1.54, 1.807) is 0 Å². The van der Waals surface area contributed by atoms with Crippen LogP contribution in [0.4, 0.5) is 5.95 Å². The normalized spacial score (nSPS) is 12.8. The molecule has 17 heavy (non-hydrogen) atoms. The monoisotopic (exact) mass is 237 g/mol. The van der Waals surface area contributed by atoms with E-state index in [1.165, 1.54) is 0 Å². The fraction of sp³-hybridized carbons (Fsp3) is 0.786. The maximum atomic E-state index is 4.40. The van der Waals surface area contributed by atoms with Crippen LogP contribution in [-0.2, 0) is 6.54 Å². The molecule has 0 saturated carbocycles. The van der Waals surface area contributed by atoms with Crippen molar-refractivity contribution in [2.75, 3.05) is 5.32 Å². The van der Waals surface area contributed by atoms with Crippen LogP contribution in [0.3, 0.4) is 0 Å². The Morgan fingerprint density at radius 3 is 2.41 bits per heavy atom. The SMILES string of the molecule is CCCn1ccnc1NC(C)(C)CC(C)(C)C. The average molecular weight is 237 g/mol. The van der Waals surface area contributed by atoms with Crippen LogP contribution in [0.5, 0.6) is 0 Å². The van der Waals surface area contributed by atoms with Gasteiger partial charge in [-0.2, -0.15) is 0 Å².